The summed E-state index contributed by atoms with van der Waals surface area (Å²) >= 11 is 6.80. The van der Waals surface area contributed by atoms with Gasteiger partial charge in [0.15, 0.2) is 0 Å². The van der Waals surface area contributed by atoms with Crippen LogP contribution in [0, 0.1) is 0 Å². The van der Waals surface area contributed by atoms with E-state index in [-0.39, 0.29) is 10.9 Å². The van der Waals surface area contributed by atoms with Gasteiger partial charge in [-0.3, -0.25) is 4.79 Å². The average Bonchev–Trinajstić information content (AvgIpc) is 2.39. The second kappa shape index (κ2) is 8.17. The summed E-state index contributed by atoms with van der Waals surface area (Å²) in [5.41, 5.74) is 6.53. The number of nitrogens with one attached hydrogen (secondary N) is 1. The third kappa shape index (κ3) is 5.20. The number of hydrogen-bond acceptors (Lipinski definition) is 3. The number of nitrogens with two attached hydrogens (primary N) is 1. The van der Waals surface area contributed by atoms with Crippen LogP contribution in [-0.4, -0.2) is 28.9 Å². The monoisotopic (exact) mass is 296 g/mol. The van der Waals surface area contributed by atoms with Crippen LogP contribution in [-0.2, 0) is 4.79 Å². The van der Waals surface area contributed by atoms with Gasteiger partial charge < -0.3 is 11.1 Å². The van der Waals surface area contributed by atoms with E-state index in [1.54, 1.807) is 11.8 Å². The van der Waals surface area contributed by atoms with Gasteiger partial charge in [-0.1, -0.05) is 49.5 Å². The highest BCUT2D eigenvalue weighted by atomic mass is 32.2. The van der Waals surface area contributed by atoms with Gasteiger partial charge in [0.25, 0.3) is 0 Å². The first-order valence-electron chi connectivity index (χ1n) is 6.21. The van der Waals surface area contributed by atoms with Crippen molar-refractivity contribution in [2.24, 2.45) is 5.73 Å². The zero-order valence-corrected chi connectivity index (χ0v) is 12.9. The number of amides is 1. The summed E-state index contributed by atoms with van der Waals surface area (Å²) in [4.78, 5) is 12.4. The number of benzene rings is 1. The first kappa shape index (κ1) is 16.0. The number of rotatable bonds is 7. The molecule has 0 saturated heterocycles. The van der Waals surface area contributed by atoms with E-state index in [2.05, 4.69) is 18.5 Å². The molecule has 0 radical (unpaired) electrons. The minimum atomic E-state index is -0.541. The maximum Gasteiger partial charge on any atom is 0.234 e. The first-order valence-corrected chi connectivity index (χ1v) is 7.90. The summed E-state index contributed by atoms with van der Waals surface area (Å²) < 4.78 is 0. The molecule has 1 rings (SSSR count). The predicted octanol–water partition coefficient (Wildman–Crippen LogP) is 2.31. The number of carbonyl (C=O) groups excluding carboxylic acids is 1. The molecule has 5 heteroatoms. The summed E-state index contributed by atoms with van der Waals surface area (Å²) in [7, 11) is 0. The lowest BCUT2D eigenvalue weighted by atomic mass is 9.98. The zero-order chi connectivity index (χ0) is 14.3. The molecule has 3 N–H and O–H groups in total. The van der Waals surface area contributed by atoms with Gasteiger partial charge in [-0.05, 0) is 18.2 Å². The highest BCUT2D eigenvalue weighted by molar-refractivity contribution is 7.99. The van der Waals surface area contributed by atoms with E-state index in [0.717, 1.165) is 12.0 Å². The van der Waals surface area contributed by atoms with E-state index in [1.807, 2.05) is 30.3 Å². The fourth-order valence-corrected chi connectivity index (χ4v) is 2.31. The molecule has 0 spiro atoms. The SMILES string of the molecule is CSC(C)CCNC(=O)C(C(N)=S)c1ccccc1. The van der Waals surface area contributed by atoms with Crippen molar-refractivity contribution in [1.29, 1.82) is 0 Å². The van der Waals surface area contributed by atoms with E-state index in [9.17, 15) is 4.79 Å². The Morgan fingerprint density at radius 1 is 1.42 bits per heavy atom. The van der Waals surface area contributed by atoms with Gasteiger partial charge in [0.2, 0.25) is 5.91 Å². The van der Waals surface area contributed by atoms with Gasteiger partial charge >= 0.3 is 0 Å². The van der Waals surface area contributed by atoms with Crippen LogP contribution >= 0.6 is 24.0 Å². The minimum absolute atomic E-state index is 0.119. The van der Waals surface area contributed by atoms with Crippen molar-refractivity contribution in [1.82, 2.24) is 5.32 Å². The molecule has 3 nitrogen and oxygen atoms in total. The number of thioether (sulfide) groups is 1. The molecule has 0 aromatic heterocycles. The lowest BCUT2D eigenvalue weighted by Gasteiger charge is -2.16. The third-order valence-electron chi connectivity index (χ3n) is 2.93. The molecule has 1 aromatic rings. The normalized spacial score (nSPS) is 13.6. The summed E-state index contributed by atoms with van der Waals surface area (Å²) in [6, 6.07) is 9.40. The van der Waals surface area contributed by atoms with Crippen LogP contribution in [0.1, 0.15) is 24.8 Å². The Bertz CT molecular complexity index is 423. The van der Waals surface area contributed by atoms with Crippen molar-refractivity contribution >= 4 is 34.9 Å². The lowest BCUT2D eigenvalue weighted by Crippen LogP contribution is -2.37. The molecule has 0 heterocycles. The molecule has 0 bridgehead atoms. The Morgan fingerprint density at radius 3 is 2.58 bits per heavy atom. The van der Waals surface area contributed by atoms with E-state index >= 15 is 0 Å². The molecule has 1 amide bonds. The third-order valence-corrected chi connectivity index (χ3v) is 4.21. The average molecular weight is 296 g/mol. The van der Waals surface area contributed by atoms with Crippen LogP contribution in [0.2, 0.25) is 0 Å². The molecule has 0 aliphatic heterocycles. The van der Waals surface area contributed by atoms with E-state index in [4.69, 9.17) is 18.0 Å². The van der Waals surface area contributed by atoms with Gasteiger partial charge in [-0.2, -0.15) is 11.8 Å². The Hall–Kier alpha value is -1.07. The van der Waals surface area contributed by atoms with Gasteiger partial charge in [0.05, 0.1) is 4.99 Å². The van der Waals surface area contributed by atoms with Crippen LogP contribution in [0.15, 0.2) is 30.3 Å². The molecule has 0 saturated carbocycles. The van der Waals surface area contributed by atoms with Crippen molar-refractivity contribution < 1.29 is 4.79 Å². The molecule has 0 aliphatic carbocycles. The maximum atomic E-state index is 12.2. The standard InChI is InChI=1S/C14H20N2OS2/c1-10(19-2)8-9-16-14(17)12(13(15)18)11-6-4-3-5-7-11/h3-7,10,12H,8-9H2,1-2H3,(H2,15,18)(H,16,17). The molecule has 1 aromatic carbocycles. The molecule has 0 aliphatic rings. The van der Waals surface area contributed by atoms with Crippen molar-refractivity contribution in [2.45, 2.75) is 24.5 Å². The summed E-state index contributed by atoms with van der Waals surface area (Å²) in [6.07, 6.45) is 3.00. The topological polar surface area (TPSA) is 55.1 Å². The zero-order valence-electron chi connectivity index (χ0n) is 11.3. The Kier molecular flexibility index (Phi) is 6.87. The van der Waals surface area contributed by atoms with E-state index < -0.39 is 5.92 Å². The first-order chi connectivity index (χ1) is 9.06. The highest BCUT2D eigenvalue weighted by Crippen LogP contribution is 2.16. The van der Waals surface area contributed by atoms with Crippen molar-refractivity contribution in [2.75, 3.05) is 12.8 Å². The molecule has 19 heavy (non-hydrogen) atoms. The smallest absolute Gasteiger partial charge is 0.234 e. The van der Waals surface area contributed by atoms with Crippen molar-refractivity contribution in [3.05, 3.63) is 35.9 Å². The number of hydrogen-bond donors (Lipinski definition) is 2. The van der Waals surface area contributed by atoms with Crippen LogP contribution in [0.5, 0.6) is 0 Å². The summed E-state index contributed by atoms with van der Waals surface area (Å²) in [5.74, 6) is -0.659. The fraction of sp³-hybridized carbons (Fsp3) is 0.429. The van der Waals surface area contributed by atoms with Gasteiger partial charge in [0.1, 0.15) is 5.92 Å². The van der Waals surface area contributed by atoms with Gasteiger partial charge in [0, 0.05) is 11.8 Å². The lowest BCUT2D eigenvalue weighted by molar-refractivity contribution is -0.121. The largest absolute Gasteiger partial charge is 0.392 e. The Labute approximate surface area is 124 Å². The van der Waals surface area contributed by atoms with Crippen molar-refractivity contribution in [3.8, 4) is 0 Å². The van der Waals surface area contributed by atoms with Crippen LogP contribution in [0.25, 0.3) is 0 Å². The summed E-state index contributed by atoms with van der Waals surface area (Å²) in [6.45, 7) is 2.78. The quantitative estimate of drug-likeness (QED) is 0.758. The Balaban J connectivity index is 2.63. The minimum Gasteiger partial charge on any atom is -0.392 e. The molecule has 2 atom stereocenters. The van der Waals surface area contributed by atoms with Crippen LogP contribution in [0.3, 0.4) is 0 Å². The molecule has 104 valence electrons. The fourth-order valence-electron chi connectivity index (χ4n) is 1.71. The molecular formula is C14H20N2OS2. The second-order valence-corrected chi connectivity index (χ2v) is 6.12. The maximum absolute atomic E-state index is 12.2. The Morgan fingerprint density at radius 2 is 2.05 bits per heavy atom. The second-order valence-electron chi connectivity index (χ2n) is 4.37. The van der Waals surface area contributed by atoms with Crippen LogP contribution in [0.4, 0.5) is 0 Å². The number of thiocarbonyl (C=S) groups is 1. The van der Waals surface area contributed by atoms with Crippen molar-refractivity contribution in [3.63, 3.8) is 0 Å². The molecular weight excluding hydrogens is 276 g/mol. The van der Waals surface area contributed by atoms with Gasteiger partial charge in [-0.15, -0.1) is 0 Å². The predicted molar refractivity (Wildman–Crippen MR) is 86.6 cm³/mol. The highest BCUT2D eigenvalue weighted by Gasteiger charge is 2.22. The van der Waals surface area contributed by atoms with Gasteiger partial charge in [-0.25, -0.2) is 0 Å². The summed E-state index contributed by atoms with van der Waals surface area (Å²) in [5, 5.41) is 3.44. The van der Waals surface area contributed by atoms with E-state index in [0.29, 0.717) is 11.8 Å². The van der Waals surface area contributed by atoms with Crippen LogP contribution < -0.4 is 11.1 Å². The van der Waals surface area contributed by atoms with E-state index in [1.165, 1.54) is 0 Å². The molecule has 2 unspecified atom stereocenters. The number of carbonyl (C=O) groups is 1. The molecule has 0 fully saturated rings.